The lowest BCUT2D eigenvalue weighted by Gasteiger charge is -2.34. The van der Waals surface area contributed by atoms with Crippen LogP contribution in [0, 0.1) is 5.82 Å². The molecule has 1 fully saturated rings. The monoisotopic (exact) mass is 552 g/mol. The Hall–Kier alpha value is -5.03. The molecule has 2 aromatic carbocycles. The highest BCUT2D eigenvalue weighted by molar-refractivity contribution is 5.77. The highest BCUT2D eigenvalue weighted by atomic mass is 19.1. The Labute approximate surface area is 235 Å². The van der Waals surface area contributed by atoms with Crippen LogP contribution in [0.25, 0.3) is 22.4 Å². The van der Waals surface area contributed by atoms with Crippen molar-refractivity contribution in [3.05, 3.63) is 112 Å². The fraction of sp³-hybridized carbons (Fsp3) is 0.200. The van der Waals surface area contributed by atoms with Crippen molar-refractivity contribution in [3.63, 3.8) is 0 Å². The predicted octanol–water partition coefficient (Wildman–Crippen LogP) is 3.55. The summed E-state index contributed by atoms with van der Waals surface area (Å²) in [5, 5.41) is 3.48. The van der Waals surface area contributed by atoms with Crippen LogP contribution in [-0.4, -0.2) is 62.0 Å². The van der Waals surface area contributed by atoms with Gasteiger partial charge in [-0.3, -0.25) is 14.2 Å². The standard InChI is InChI=1S/C30H29FN8O2/c1-3-11-38-29(41)26-20-32-30(33-22-7-9-23(10-8-22)36-15-13-35(2)14-16-36)34-28(26)39(38)25-18-21(31)17-24(19-25)37-12-5-4-6-27(37)40/h3-10,12,17-20H,1,11,13-16H2,2H3,(H,32,33,34). The number of allylic oxidation sites excluding steroid dienone is 1. The van der Waals surface area contributed by atoms with Crippen LogP contribution >= 0.6 is 0 Å². The smallest absolute Gasteiger partial charge is 0.278 e. The lowest BCUT2D eigenvalue weighted by molar-refractivity contribution is 0.313. The zero-order chi connectivity index (χ0) is 28.5. The van der Waals surface area contributed by atoms with Gasteiger partial charge in [-0.15, -0.1) is 6.58 Å². The Bertz CT molecular complexity index is 1850. The summed E-state index contributed by atoms with van der Waals surface area (Å²) in [6.45, 7) is 7.92. The fourth-order valence-electron chi connectivity index (χ4n) is 5.05. The lowest BCUT2D eigenvalue weighted by Crippen LogP contribution is -2.44. The molecule has 0 amide bonds. The van der Waals surface area contributed by atoms with Crippen molar-refractivity contribution in [3.8, 4) is 11.4 Å². The quantitative estimate of drug-likeness (QED) is 0.309. The zero-order valence-electron chi connectivity index (χ0n) is 22.6. The van der Waals surface area contributed by atoms with Gasteiger partial charge in [0.2, 0.25) is 5.95 Å². The van der Waals surface area contributed by atoms with Gasteiger partial charge in [0.25, 0.3) is 11.1 Å². The van der Waals surface area contributed by atoms with Crippen molar-refractivity contribution in [2.45, 2.75) is 6.54 Å². The van der Waals surface area contributed by atoms with Gasteiger partial charge >= 0.3 is 0 Å². The average molecular weight is 553 g/mol. The molecule has 1 aliphatic rings. The van der Waals surface area contributed by atoms with Crippen LogP contribution in [0.5, 0.6) is 0 Å². The number of anilines is 3. The maximum Gasteiger partial charge on any atom is 0.278 e. The summed E-state index contributed by atoms with van der Waals surface area (Å²) < 4.78 is 19.2. The Morgan fingerprint density at radius 2 is 1.73 bits per heavy atom. The van der Waals surface area contributed by atoms with Crippen molar-refractivity contribution in [1.29, 1.82) is 0 Å². The average Bonchev–Trinajstić information content (AvgIpc) is 3.24. The van der Waals surface area contributed by atoms with E-state index in [1.165, 1.54) is 38.3 Å². The first-order chi connectivity index (χ1) is 19.9. The molecule has 0 bridgehead atoms. The third kappa shape index (κ3) is 5.14. The summed E-state index contributed by atoms with van der Waals surface area (Å²) >= 11 is 0. The molecule has 0 atom stereocenters. The van der Waals surface area contributed by atoms with Gasteiger partial charge in [0.1, 0.15) is 11.2 Å². The second kappa shape index (κ2) is 10.9. The minimum atomic E-state index is -0.569. The highest BCUT2D eigenvalue weighted by Gasteiger charge is 2.19. The molecular weight excluding hydrogens is 523 g/mol. The molecule has 1 N–H and O–H groups in total. The van der Waals surface area contributed by atoms with E-state index < -0.39 is 5.82 Å². The maximum atomic E-state index is 14.9. The molecule has 3 aromatic heterocycles. The van der Waals surface area contributed by atoms with Gasteiger partial charge in [0.15, 0.2) is 5.65 Å². The van der Waals surface area contributed by atoms with E-state index in [0.717, 1.165) is 37.6 Å². The molecule has 0 radical (unpaired) electrons. The summed E-state index contributed by atoms with van der Waals surface area (Å²) in [5.74, 6) is -0.286. The number of hydrogen-bond donors (Lipinski definition) is 1. The van der Waals surface area contributed by atoms with Crippen LogP contribution in [-0.2, 0) is 6.54 Å². The van der Waals surface area contributed by atoms with E-state index in [1.807, 2.05) is 12.1 Å². The summed E-state index contributed by atoms with van der Waals surface area (Å²) in [4.78, 5) is 39.5. The molecule has 5 aromatic rings. The van der Waals surface area contributed by atoms with Gasteiger partial charge in [0, 0.05) is 56.0 Å². The number of nitrogens with zero attached hydrogens (tertiary/aromatic N) is 7. The van der Waals surface area contributed by atoms with E-state index in [9.17, 15) is 14.0 Å². The molecule has 0 saturated carbocycles. The van der Waals surface area contributed by atoms with Gasteiger partial charge in [-0.05, 0) is 55.6 Å². The SMILES string of the molecule is C=CCn1c(=O)c2cnc(Nc3ccc(N4CCN(C)CC4)cc3)nc2n1-c1cc(F)cc(-n2ccccc2=O)c1. The molecular formula is C30H29FN8O2. The van der Waals surface area contributed by atoms with Crippen LogP contribution in [0.4, 0.5) is 21.7 Å². The Kier molecular flexibility index (Phi) is 6.94. The second-order valence-corrected chi connectivity index (χ2v) is 9.96. The van der Waals surface area contributed by atoms with E-state index in [2.05, 4.69) is 50.8 Å². The molecule has 0 spiro atoms. The van der Waals surface area contributed by atoms with Crippen LogP contribution in [0.2, 0.25) is 0 Å². The van der Waals surface area contributed by atoms with E-state index >= 15 is 0 Å². The topological polar surface area (TPSA) is 93.2 Å². The van der Waals surface area contributed by atoms with Gasteiger partial charge in [-0.25, -0.2) is 18.7 Å². The molecule has 11 heteroatoms. The minimum Gasteiger partial charge on any atom is -0.369 e. The first-order valence-corrected chi connectivity index (χ1v) is 13.3. The number of likely N-dealkylation sites (N-methyl/N-ethyl adjacent to an activating group) is 1. The van der Waals surface area contributed by atoms with Crippen LogP contribution in [0.3, 0.4) is 0 Å². The first-order valence-electron chi connectivity index (χ1n) is 13.3. The van der Waals surface area contributed by atoms with E-state index in [4.69, 9.17) is 0 Å². The second-order valence-electron chi connectivity index (χ2n) is 9.96. The largest absolute Gasteiger partial charge is 0.369 e. The van der Waals surface area contributed by atoms with Crippen LogP contribution in [0.1, 0.15) is 0 Å². The van der Waals surface area contributed by atoms with Crippen molar-refractivity contribution in [2.24, 2.45) is 0 Å². The molecule has 0 aliphatic carbocycles. The number of piperazine rings is 1. The van der Waals surface area contributed by atoms with Gasteiger partial charge in [-0.2, -0.15) is 4.98 Å². The summed E-state index contributed by atoms with van der Waals surface area (Å²) in [6, 6.07) is 16.9. The van der Waals surface area contributed by atoms with Gasteiger partial charge < -0.3 is 15.1 Å². The predicted molar refractivity (Wildman–Crippen MR) is 158 cm³/mol. The van der Waals surface area contributed by atoms with Crippen LogP contribution in [0.15, 0.2) is 95.3 Å². The van der Waals surface area contributed by atoms with E-state index in [0.29, 0.717) is 17.0 Å². The molecule has 0 unspecified atom stereocenters. The Morgan fingerprint density at radius 3 is 2.46 bits per heavy atom. The molecule has 6 rings (SSSR count). The maximum absolute atomic E-state index is 14.9. The third-order valence-electron chi connectivity index (χ3n) is 7.18. The number of nitrogens with one attached hydrogen (secondary N) is 1. The molecule has 10 nitrogen and oxygen atoms in total. The van der Waals surface area contributed by atoms with Crippen LogP contribution < -0.4 is 21.3 Å². The van der Waals surface area contributed by atoms with Crippen molar-refractivity contribution < 1.29 is 4.39 Å². The highest BCUT2D eigenvalue weighted by Crippen LogP contribution is 2.24. The molecule has 1 aliphatic heterocycles. The number of aromatic nitrogens is 5. The van der Waals surface area contributed by atoms with Gasteiger partial charge in [0.05, 0.1) is 17.9 Å². The number of fused-ring (bicyclic) bond motifs is 1. The first kappa shape index (κ1) is 26.2. The zero-order valence-corrected chi connectivity index (χ0v) is 22.6. The van der Waals surface area contributed by atoms with Crippen molar-refractivity contribution in [2.75, 3.05) is 43.4 Å². The molecule has 1 saturated heterocycles. The number of hydrogen-bond acceptors (Lipinski definition) is 7. The summed E-state index contributed by atoms with van der Waals surface area (Å²) in [7, 11) is 2.13. The van der Waals surface area contributed by atoms with E-state index in [-0.39, 0.29) is 29.0 Å². The number of pyridine rings is 1. The van der Waals surface area contributed by atoms with E-state index in [1.54, 1.807) is 30.5 Å². The lowest BCUT2D eigenvalue weighted by atomic mass is 10.2. The van der Waals surface area contributed by atoms with Crippen molar-refractivity contribution in [1.82, 2.24) is 28.8 Å². The number of benzene rings is 2. The fourth-order valence-corrected chi connectivity index (χ4v) is 5.05. The molecule has 208 valence electrons. The normalized spacial score (nSPS) is 14.0. The molecule has 41 heavy (non-hydrogen) atoms. The number of rotatable bonds is 7. The number of halogens is 1. The Morgan fingerprint density at radius 1 is 0.976 bits per heavy atom. The van der Waals surface area contributed by atoms with Gasteiger partial charge in [-0.1, -0.05) is 12.1 Å². The third-order valence-corrected chi connectivity index (χ3v) is 7.18. The van der Waals surface area contributed by atoms with Crippen molar-refractivity contribution >= 4 is 28.4 Å². The Balaban J connectivity index is 1.39. The minimum absolute atomic E-state index is 0.156. The summed E-state index contributed by atoms with van der Waals surface area (Å²) in [5.41, 5.74) is 2.22. The molecule has 4 heterocycles. The summed E-state index contributed by atoms with van der Waals surface area (Å²) in [6.07, 6.45) is 4.60.